The molecule has 2 amide bonds. The van der Waals surface area contributed by atoms with Gasteiger partial charge in [-0.3, -0.25) is 14.4 Å². The number of likely N-dealkylation sites (tertiary alicyclic amines) is 1. The predicted octanol–water partition coefficient (Wildman–Crippen LogP) is 1.07. The number of rotatable bonds is 8. The number of carboxylic acid groups (broad SMARTS) is 1. The highest BCUT2D eigenvalue weighted by Gasteiger charge is 2.39. The van der Waals surface area contributed by atoms with Crippen LogP contribution in [0.15, 0.2) is 30.3 Å². The molecule has 142 valence electrons. The molecule has 0 aliphatic carbocycles. The number of likely N-dealkylation sites (N-methyl/N-ethyl adjacent to an activating group) is 1. The molecule has 1 aliphatic rings. The van der Waals surface area contributed by atoms with E-state index in [1.54, 1.807) is 4.90 Å². The van der Waals surface area contributed by atoms with Crippen LogP contribution in [0.25, 0.3) is 0 Å². The Morgan fingerprint density at radius 2 is 1.88 bits per heavy atom. The highest BCUT2D eigenvalue weighted by molar-refractivity contribution is 5.90. The van der Waals surface area contributed by atoms with E-state index >= 15 is 0 Å². The summed E-state index contributed by atoms with van der Waals surface area (Å²) in [6.45, 7) is 2.83. The van der Waals surface area contributed by atoms with Gasteiger partial charge in [-0.25, -0.2) is 0 Å². The number of carbonyl (C=O) groups excluding carboxylic acids is 2. The summed E-state index contributed by atoms with van der Waals surface area (Å²) in [5.41, 5.74) is 1.02. The molecule has 0 radical (unpaired) electrons. The molecule has 1 aliphatic heterocycles. The average molecular weight is 361 g/mol. The first-order valence-electron chi connectivity index (χ1n) is 8.79. The zero-order valence-electron chi connectivity index (χ0n) is 15.6. The summed E-state index contributed by atoms with van der Waals surface area (Å²) in [6, 6.07) is 9.57. The molecule has 1 N–H and O–H groups in total. The lowest BCUT2D eigenvalue weighted by Crippen LogP contribution is -2.43. The average Bonchev–Trinajstić information content (AvgIpc) is 2.99. The molecule has 1 heterocycles. The third-order valence-electron chi connectivity index (χ3n) is 4.71. The standard InChI is InChI=1S/C19H27N3O4/c1-14(15-7-5-4-6-8-15)22-12-16(11-17(22)23)19(26)21(13-18(24)25)10-9-20(2)3/h4-8,14,16H,9-13H2,1-3H3,(H,24,25)/t14-,16-/m1/s1. The summed E-state index contributed by atoms with van der Waals surface area (Å²) in [5, 5.41) is 9.10. The van der Waals surface area contributed by atoms with E-state index in [4.69, 9.17) is 5.11 Å². The van der Waals surface area contributed by atoms with E-state index in [1.807, 2.05) is 56.3 Å². The lowest BCUT2D eigenvalue weighted by atomic mass is 10.1. The largest absolute Gasteiger partial charge is 0.480 e. The van der Waals surface area contributed by atoms with Crippen LogP contribution in [0.1, 0.15) is 24.9 Å². The minimum absolute atomic E-state index is 0.0670. The lowest BCUT2D eigenvalue weighted by Gasteiger charge is -2.27. The number of hydrogen-bond acceptors (Lipinski definition) is 4. The second-order valence-electron chi connectivity index (χ2n) is 6.99. The van der Waals surface area contributed by atoms with Crippen LogP contribution in [-0.4, -0.2) is 77.9 Å². The fourth-order valence-electron chi connectivity index (χ4n) is 3.19. The normalized spacial score (nSPS) is 18.2. The Hall–Kier alpha value is -2.41. The number of carbonyl (C=O) groups is 3. The van der Waals surface area contributed by atoms with E-state index in [0.29, 0.717) is 19.6 Å². The molecule has 2 atom stereocenters. The van der Waals surface area contributed by atoms with E-state index in [2.05, 4.69) is 0 Å². The molecule has 0 saturated carbocycles. The first-order valence-corrected chi connectivity index (χ1v) is 8.79. The fourth-order valence-corrected chi connectivity index (χ4v) is 3.19. The van der Waals surface area contributed by atoms with Crippen molar-refractivity contribution in [3.63, 3.8) is 0 Å². The summed E-state index contributed by atoms with van der Waals surface area (Å²) in [7, 11) is 3.73. The smallest absolute Gasteiger partial charge is 0.323 e. The van der Waals surface area contributed by atoms with Crippen molar-refractivity contribution in [3.8, 4) is 0 Å². The minimum Gasteiger partial charge on any atom is -0.480 e. The van der Waals surface area contributed by atoms with Gasteiger partial charge in [-0.2, -0.15) is 0 Å². The summed E-state index contributed by atoms with van der Waals surface area (Å²) in [6.07, 6.45) is 0.133. The number of amides is 2. The number of benzene rings is 1. The quantitative estimate of drug-likeness (QED) is 0.749. The molecule has 0 spiro atoms. The van der Waals surface area contributed by atoms with Crippen molar-refractivity contribution in [1.82, 2.24) is 14.7 Å². The lowest BCUT2D eigenvalue weighted by molar-refractivity contribution is -0.146. The highest BCUT2D eigenvalue weighted by Crippen LogP contribution is 2.29. The Bertz CT molecular complexity index is 647. The maximum Gasteiger partial charge on any atom is 0.323 e. The van der Waals surface area contributed by atoms with Crippen molar-refractivity contribution >= 4 is 17.8 Å². The van der Waals surface area contributed by atoms with Gasteiger partial charge in [0.1, 0.15) is 6.54 Å². The van der Waals surface area contributed by atoms with Crippen molar-refractivity contribution in [2.24, 2.45) is 5.92 Å². The van der Waals surface area contributed by atoms with Gasteiger partial charge < -0.3 is 19.8 Å². The molecule has 1 aromatic carbocycles. The van der Waals surface area contributed by atoms with Crippen LogP contribution < -0.4 is 0 Å². The van der Waals surface area contributed by atoms with Crippen LogP contribution in [0.3, 0.4) is 0 Å². The van der Waals surface area contributed by atoms with Crippen LogP contribution >= 0.6 is 0 Å². The number of aliphatic carboxylic acids is 1. The first kappa shape index (κ1) is 19.9. The van der Waals surface area contributed by atoms with E-state index in [9.17, 15) is 14.4 Å². The van der Waals surface area contributed by atoms with Gasteiger partial charge in [0.05, 0.1) is 12.0 Å². The molecule has 1 aromatic rings. The van der Waals surface area contributed by atoms with Crippen LogP contribution in [0.2, 0.25) is 0 Å². The monoisotopic (exact) mass is 361 g/mol. The minimum atomic E-state index is -1.05. The van der Waals surface area contributed by atoms with Crippen LogP contribution in [0, 0.1) is 5.92 Å². The van der Waals surface area contributed by atoms with Crippen molar-refractivity contribution in [3.05, 3.63) is 35.9 Å². The van der Waals surface area contributed by atoms with E-state index in [1.165, 1.54) is 4.90 Å². The zero-order chi connectivity index (χ0) is 19.3. The molecule has 2 rings (SSSR count). The Balaban J connectivity index is 2.06. The van der Waals surface area contributed by atoms with E-state index in [-0.39, 0.29) is 30.8 Å². The van der Waals surface area contributed by atoms with Crippen molar-refractivity contribution < 1.29 is 19.5 Å². The Morgan fingerprint density at radius 1 is 1.23 bits per heavy atom. The van der Waals surface area contributed by atoms with Gasteiger partial charge in [-0.05, 0) is 26.6 Å². The third-order valence-corrected chi connectivity index (χ3v) is 4.71. The van der Waals surface area contributed by atoms with Crippen LogP contribution in [0.4, 0.5) is 0 Å². The van der Waals surface area contributed by atoms with Gasteiger partial charge in [-0.15, -0.1) is 0 Å². The Labute approximate surface area is 154 Å². The molecule has 7 heteroatoms. The van der Waals surface area contributed by atoms with Gasteiger partial charge >= 0.3 is 5.97 Å². The SMILES string of the molecule is C[C@H](c1ccccc1)N1C[C@H](C(=O)N(CCN(C)C)CC(=O)O)CC1=O. The third kappa shape index (κ3) is 5.05. The maximum atomic E-state index is 12.8. The van der Waals surface area contributed by atoms with E-state index in [0.717, 1.165) is 5.56 Å². The molecule has 0 unspecified atom stereocenters. The van der Waals surface area contributed by atoms with Crippen LogP contribution in [-0.2, 0) is 14.4 Å². The number of nitrogens with zero attached hydrogens (tertiary/aromatic N) is 3. The molecular formula is C19H27N3O4. The maximum absolute atomic E-state index is 12.8. The number of carboxylic acids is 1. The molecular weight excluding hydrogens is 334 g/mol. The van der Waals surface area contributed by atoms with Gasteiger partial charge in [0.25, 0.3) is 0 Å². The molecule has 7 nitrogen and oxygen atoms in total. The van der Waals surface area contributed by atoms with Crippen LogP contribution in [0.5, 0.6) is 0 Å². The second kappa shape index (κ2) is 8.80. The summed E-state index contributed by atoms with van der Waals surface area (Å²) < 4.78 is 0. The number of hydrogen-bond donors (Lipinski definition) is 1. The zero-order valence-corrected chi connectivity index (χ0v) is 15.6. The Morgan fingerprint density at radius 3 is 2.46 bits per heavy atom. The highest BCUT2D eigenvalue weighted by atomic mass is 16.4. The summed E-state index contributed by atoms with van der Waals surface area (Å²) in [4.78, 5) is 41.3. The fraction of sp³-hybridized carbons (Fsp3) is 0.526. The van der Waals surface area contributed by atoms with Crippen molar-refractivity contribution in [1.29, 1.82) is 0 Å². The van der Waals surface area contributed by atoms with Gasteiger partial charge in [0.2, 0.25) is 11.8 Å². The summed E-state index contributed by atoms with van der Waals surface area (Å²) in [5.74, 6) is -1.86. The van der Waals surface area contributed by atoms with Gasteiger partial charge in [-0.1, -0.05) is 30.3 Å². The first-order chi connectivity index (χ1) is 12.3. The molecule has 1 saturated heterocycles. The van der Waals surface area contributed by atoms with Crippen molar-refractivity contribution in [2.45, 2.75) is 19.4 Å². The van der Waals surface area contributed by atoms with Gasteiger partial charge in [0, 0.05) is 26.1 Å². The van der Waals surface area contributed by atoms with Crippen molar-refractivity contribution in [2.75, 3.05) is 40.3 Å². The summed E-state index contributed by atoms with van der Waals surface area (Å²) >= 11 is 0. The molecule has 0 bridgehead atoms. The second-order valence-corrected chi connectivity index (χ2v) is 6.99. The topological polar surface area (TPSA) is 81.2 Å². The van der Waals surface area contributed by atoms with Gasteiger partial charge in [0.15, 0.2) is 0 Å². The molecule has 26 heavy (non-hydrogen) atoms. The molecule has 1 fully saturated rings. The van der Waals surface area contributed by atoms with E-state index < -0.39 is 11.9 Å². The predicted molar refractivity (Wildman–Crippen MR) is 97.4 cm³/mol. The molecule has 0 aromatic heterocycles. The Kier molecular flexibility index (Phi) is 6.74.